The number of rotatable bonds is 6. The minimum Gasteiger partial charge on any atom is -0.469 e. The average Bonchev–Trinajstić information content (AvgIpc) is 3.45. The van der Waals surface area contributed by atoms with Gasteiger partial charge < -0.3 is 19.4 Å². The summed E-state index contributed by atoms with van der Waals surface area (Å²) in [6, 6.07) is 4.68. The van der Waals surface area contributed by atoms with Crippen molar-refractivity contribution in [3.63, 3.8) is 0 Å². The van der Waals surface area contributed by atoms with Crippen molar-refractivity contribution >= 4 is 5.96 Å². The van der Waals surface area contributed by atoms with Gasteiger partial charge in [0.05, 0.1) is 12.9 Å². The quantitative estimate of drug-likeness (QED) is 0.621. The highest BCUT2D eigenvalue weighted by Crippen LogP contribution is 2.21. The fraction of sp³-hybridized carbons (Fsp3) is 0.750. The van der Waals surface area contributed by atoms with Crippen molar-refractivity contribution in [2.45, 2.75) is 38.1 Å². The summed E-state index contributed by atoms with van der Waals surface area (Å²) in [5.74, 6) is 2.68. The van der Waals surface area contributed by atoms with E-state index in [4.69, 9.17) is 14.1 Å². The summed E-state index contributed by atoms with van der Waals surface area (Å²) in [5, 5.41) is 3.59. The van der Waals surface area contributed by atoms with Crippen molar-refractivity contribution in [3.05, 3.63) is 24.2 Å². The van der Waals surface area contributed by atoms with Gasteiger partial charge in [-0.1, -0.05) is 0 Å². The van der Waals surface area contributed by atoms with Gasteiger partial charge >= 0.3 is 0 Å². The first-order valence-electron chi connectivity index (χ1n) is 10.3. The van der Waals surface area contributed by atoms with E-state index in [1.54, 1.807) is 6.26 Å². The molecule has 2 unspecified atom stereocenters. The maximum Gasteiger partial charge on any atom is 0.194 e. The van der Waals surface area contributed by atoms with Crippen LogP contribution in [0.2, 0.25) is 0 Å². The molecule has 0 saturated carbocycles. The second-order valence-corrected chi connectivity index (χ2v) is 7.78. The lowest BCUT2D eigenvalue weighted by Gasteiger charge is -2.26. The smallest absolute Gasteiger partial charge is 0.194 e. The largest absolute Gasteiger partial charge is 0.469 e. The van der Waals surface area contributed by atoms with Crippen LogP contribution in [-0.4, -0.2) is 74.3 Å². The molecule has 1 N–H and O–H groups in total. The zero-order valence-corrected chi connectivity index (χ0v) is 15.7. The van der Waals surface area contributed by atoms with Crippen LogP contribution in [0.1, 0.15) is 31.4 Å². The Bertz CT molecular complexity index is 562. The third-order valence-corrected chi connectivity index (χ3v) is 5.88. The highest BCUT2D eigenvalue weighted by atomic mass is 16.5. The number of furan rings is 1. The van der Waals surface area contributed by atoms with Crippen LogP contribution in [0.5, 0.6) is 0 Å². The molecule has 2 atom stereocenters. The molecule has 0 aromatic carbocycles. The molecule has 0 radical (unpaired) electrons. The molecular formula is C20H32N4O2. The fourth-order valence-electron chi connectivity index (χ4n) is 4.30. The van der Waals surface area contributed by atoms with Crippen LogP contribution in [-0.2, 0) is 11.2 Å². The monoisotopic (exact) mass is 360 g/mol. The number of guanidine groups is 1. The lowest BCUT2D eigenvalue weighted by atomic mass is 10.1. The van der Waals surface area contributed by atoms with E-state index < -0.39 is 0 Å². The van der Waals surface area contributed by atoms with Crippen molar-refractivity contribution in [3.8, 4) is 0 Å². The summed E-state index contributed by atoms with van der Waals surface area (Å²) >= 11 is 0. The molecule has 4 rings (SSSR count). The third kappa shape index (κ3) is 4.60. The number of hydrogen-bond acceptors (Lipinski definition) is 4. The Morgan fingerprint density at radius 2 is 2.15 bits per heavy atom. The molecule has 3 saturated heterocycles. The minimum absolute atomic E-state index is 0.578. The molecular weight excluding hydrogens is 328 g/mol. The third-order valence-electron chi connectivity index (χ3n) is 5.88. The number of hydrogen-bond donors (Lipinski definition) is 1. The second-order valence-electron chi connectivity index (χ2n) is 7.78. The van der Waals surface area contributed by atoms with Crippen LogP contribution >= 0.6 is 0 Å². The molecule has 3 aliphatic heterocycles. The predicted molar refractivity (Wildman–Crippen MR) is 102 cm³/mol. The Balaban J connectivity index is 1.33. The van der Waals surface area contributed by atoms with Crippen LogP contribution in [0, 0.1) is 5.92 Å². The Labute approximate surface area is 156 Å². The zero-order valence-electron chi connectivity index (χ0n) is 15.7. The lowest BCUT2D eigenvalue weighted by Crippen LogP contribution is -2.43. The molecule has 3 fully saturated rings. The van der Waals surface area contributed by atoms with Crippen molar-refractivity contribution in [2.75, 3.05) is 52.5 Å². The number of nitrogens with zero attached hydrogens (tertiary/aromatic N) is 3. The molecule has 0 spiro atoms. The zero-order chi connectivity index (χ0) is 17.6. The SMILES string of the molecule is c1coc(CCNC(=NCC2CCOC2)N2CCC(N3CCCC3)C2)c1. The topological polar surface area (TPSA) is 53.2 Å². The highest BCUT2D eigenvalue weighted by molar-refractivity contribution is 5.80. The molecule has 1 aromatic rings. The van der Waals surface area contributed by atoms with Crippen LogP contribution < -0.4 is 5.32 Å². The fourth-order valence-corrected chi connectivity index (χ4v) is 4.30. The molecule has 0 aliphatic carbocycles. The molecule has 3 aliphatic rings. The summed E-state index contributed by atoms with van der Waals surface area (Å²) in [5.41, 5.74) is 0. The van der Waals surface area contributed by atoms with Gasteiger partial charge in [0.1, 0.15) is 5.76 Å². The normalized spacial score (nSPS) is 27.5. The maximum absolute atomic E-state index is 5.51. The lowest BCUT2D eigenvalue weighted by molar-refractivity contribution is 0.187. The molecule has 0 bridgehead atoms. The van der Waals surface area contributed by atoms with Crippen LogP contribution in [0.25, 0.3) is 0 Å². The van der Waals surface area contributed by atoms with E-state index >= 15 is 0 Å². The van der Waals surface area contributed by atoms with Gasteiger partial charge in [0.25, 0.3) is 0 Å². The summed E-state index contributed by atoms with van der Waals surface area (Å²) in [6.07, 6.45) is 7.75. The number of nitrogens with one attached hydrogen (secondary N) is 1. The molecule has 4 heterocycles. The first-order chi connectivity index (χ1) is 12.9. The molecule has 144 valence electrons. The van der Waals surface area contributed by atoms with E-state index in [2.05, 4.69) is 15.1 Å². The van der Waals surface area contributed by atoms with E-state index in [0.717, 1.165) is 64.0 Å². The van der Waals surface area contributed by atoms with E-state index in [9.17, 15) is 0 Å². The van der Waals surface area contributed by atoms with Gasteiger partial charge in [-0.05, 0) is 50.9 Å². The van der Waals surface area contributed by atoms with E-state index in [-0.39, 0.29) is 0 Å². The summed E-state index contributed by atoms with van der Waals surface area (Å²) in [7, 11) is 0. The molecule has 0 amide bonds. The minimum atomic E-state index is 0.578. The molecule has 6 nitrogen and oxygen atoms in total. The number of likely N-dealkylation sites (tertiary alicyclic amines) is 2. The first kappa shape index (κ1) is 17.9. The van der Waals surface area contributed by atoms with E-state index in [1.165, 1.54) is 32.4 Å². The Morgan fingerprint density at radius 3 is 2.92 bits per heavy atom. The van der Waals surface area contributed by atoms with Crippen molar-refractivity contribution in [1.29, 1.82) is 0 Å². The number of ether oxygens (including phenoxy) is 1. The van der Waals surface area contributed by atoms with Crippen LogP contribution in [0.4, 0.5) is 0 Å². The van der Waals surface area contributed by atoms with Crippen molar-refractivity contribution in [1.82, 2.24) is 15.1 Å². The Morgan fingerprint density at radius 1 is 1.23 bits per heavy atom. The van der Waals surface area contributed by atoms with Gasteiger partial charge in [-0.15, -0.1) is 0 Å². The van der Waals surface area contributed by atoms with E-state index in [1.807, 2.05) is 12.1 Å². The van der Waals surface area contributed by atoms with Gasteiger partial charge in [-0.2, -0.15) is 0 Å². The second kappa shape index (κ2) is 8.91. The number of aliphatic imine (C=N–C) groups is 1. The van der Waals surface area contributed by atoms with Gasteiger partial charge in [0.2, 0.25) is 0 Å². The van der Waals surface area contributed by atoms with Crippen LogP contribution in [0.3, 0.4) is 0 Å². The standard InChI is InChI=1S/C20H32N4O2/c1-2-10-23(9-1)18-6-11-24(15-18)20(22-14-17-7-13-25-16-17)21-8-5-19-4-3-12-26-19/h3-4,12,17-18H,1-2,5-11,13-16H2,(H,21,22). The average molecular weight is 361 g/mol. The van der Waals surface area contributed by atoms with Crippen molar-refractivity contribution < 1.29 is 9.15 Å². The summed E-state index contributed by atoms with van der Waals surface area (Å²) < 4.78 is 11.0. The first-order valence-corrected chi connectivity index (χ1v) is 10.3. The predicted octanol–water partition coefficient (Wildman–Crippen LogP) is 1.97. The summed E-state index contributed by atoms with van der Waals surface area (Å²) in [6.45, 7) is 8.24. The van der Waals surface area contributed by atoms with Gasteiger partial charge in [0, 0.05) is 51.2 Å². The highest BCUT2D eigenvalue weighted by Gasteiger charge is 2.31. The van der Waals surface area contributed by atoms with Gasteiger partial charge in [0.15, 0.2) is 5.96 Å². The van der Waals surface area contributed by atoms with E-state index in [0.29, 0.717) is 12.0 Å². The van der Waals surface area contributed by atoms with Gasteiger partial charge in [-0.3, -0.25) is 9.89 Å². The molecule has 6 heteroatoms. The molecule has 26 heavy (non-hydrogen) atoms. The van der Waals surface area contributed by atoms with Crippen LogP contribution in [0.15, 0.2) is 27.8 Å². The van der Waals surface area contributed by atoms with Gasteiger partial charge in [-0.25, -0.2) is 0 Å². The van der Waals surface area contributed by atoms with Crippen molar-refractivity contribution in [2.24, 2.45) is 10.9 Å². The molecule has 1 aromatic heterocycles. The Hall–Kier alpha value is -1.53. The Kier molecular flexibility index (Phi) is 6.12. The maximum atomic E-state index is 5.51. The summed E-state index contributed by atoms with van der Waals surface area (Å²) in [4.78, 5) is 10.1.